The lowest BCUT2D eigenvalue weighted by molar-refractivity contribution is -0.137. The average Bonchev–Trinajstić information content (AvgIpc) is 2.59. The summed E-state index contributed by atoms with van der Waals surface area (Å²) in [5, 5.41) is 8.88. The van der Waals surface area contributed by atoms with Gasteiger partial charge in [-0.2, -0.15) is 0 Å². The summed E-state index contributed by atoms with van der Waals surface area (Å²) in [6.07, 6.45) is 2.84. The number of hydrogen-bond acceptors (Lipinski definition) is 3. The summed E-state index contributed by atoms with van der Waals surface area (Å²) in [7, 11) is 0. The van der Waals surface area contributed by atoms with E-state index in [-0.39, 0.29) is 12.3 Å². The number of fused-ring (bicyclic) bond motifs is 1. The molecule has 86 valence electrons. The molecule has 1 N–H and O–H groups in total. The van der Waals surface area contributed by atoms with Gasteiger partial charge in [0.25, 0.3) is 0 Å². The molecule has 1 aliphatic rings. The molecule has 2 rings (SSSR count). The van der Waals surface area contributed by atoms with Crippen molar-refractivity contribution in [3.63, 3.8) is 0 Å². The van der Waals surface area contributed by atoms with Crippen LogP contribution < -0.4 is 0 Å². The minimum absolute atomic E-state index is 0.114. The molecule has 0 aromatic carbocycles. The van der Waals surface area contributed by atoms with Crippen molar-refractivity contribution in [3.05, 3.63) is 22.8 Å². The molecule has 16 heavy (non-hydrogen) atoms. The van der Waals surface area contributed by atoms with Gasteiger partial charge in [-0.25, -0.2) is 9.97 Å². The van der Waals surface area contributed by atoms with Crippen molar-refractivity contribution in [1.82, 2.24) is 9.97 Å². The predicted molar refractivity (Wildman–Crippen MR) is 59.5 cm³/mol. The lowest BCUT2D eigenvalue weighted by Gasteiger charge is -2.12. The number of aliphatic carboxylic acids is 1. The van der Waals surface area contributed by atoms with E-state index < -0.39 is 5.97 Å². The molecule has 0 amide bonds. The first-order valence-corrected chi connectivity index (χ1v) is 5.70. The molecular weight excluding hydrogens is 204 g/mol. The number of nitrogens with zero attached hydrogens (tertiary/aromatic N) is 2. The predicted octanol–water partition coefficient (Wildman–Crippen LogP) is 1.85. The minimum Gasteiger partial charge on any atom is -0.481 e. The van der Waals surface area contributed by atoms with Gasteiger partial charge in [0.15, 0.2) is 0 Å². The standard InChI is InChI=1S/C12H16N2O2/c1-3-9-12-8(6-11(15)16)4-5-10(12)14-7(2)13-9/h8H,3-6H2,1-2H3,(H,15,16). The molecule has 4 heteroatoms. The molecule has 0 saturated carbocycles. The van der Waals surface area contributed by atoms with Crippen molar-refractivity contribution in [2.75, 3.05) is 0 Å². The van der Waals surface area contributed by atoms with E-state index in [1.54, 1.807) is 0 Å². The first kappa shape index (κ1) is 11.0. The van der Waals surface area contributed by atoms with E-state index in [9.17, 15) is 4.79 Å². The molecule has 1 heterocycles. The number of carboxylic acids is 1. The maximum Gasteiger partial charge on any atom is 0.303 e. The molecule has 1 unspecified atom stereocenters. The van der Waals surface area contributed by atoms with Crippen molar-refractivity contribution in [1.29, 1.82) is 0 Å². The summed E-state index contributed by atoms with van der Waals surface area (Å²) >= 11 is 0. The van der Waals surface area contributed by atoms with Crippen LogP contribution in [0.25, 0.3) is 0 Å². The number of rotatable bonds is 3. The molecule has 0 aliphatic heterocycles. The van der Waals surface area contributed by atoms with Crippen LogP contribution in [0.3, 0.4) is 0 Å². The molecule has 1 atom stereocenters. The summed E-state index contributed by atoms with van der Waals surface area (Å²) in [4.78, 5) is 19.6. The number of aryl methyl sites for hydroxylation is 3. The summed E-state index contributed by atoms with van der Waals surface area (Å²) in [5.74, 6) is 0.176. The van der Waals surface area contributed by atoms with Crippen LogP contribution in [0.2, 0.25) is 0 Å². The highest BCUT2D eigenvalue weighted by atomic mass is 16.4. The third-order valence-electron chi connectivity index (χ3n) is 3.11. The van der Waals surface area contributed by atoms with E-state index in [2.05, 4.69) is 16.9 Å². The van der Waals surface area contributed by atoms with Crippen molar-refractivity contribution in [2.45, 2.75) is 45.4 Å². The van der Waals surface area contributed by atoms with Crippen molar-refractivity contribution in [3.8, 4) is 0 Å². The molecule has 1 aromatic heterocycles. The van der Waals surface area contributed by atoms with Crippen LogP contribution in [0.5, 0.6) is 0 Å². The monoisotopic (exact) mass is 220 g/mol. The molecule has 0 saturated heterocycles. The van der Waals surface area contributed by atoms with Crippen LogP contribution in [-0.2, 0) is 17.6 Å². The first-order chi connectivity index (χ1) is 7.61. The highest BCUT2D eigenvalue weighted by molar-refractivity contribution is 5.68. The zero-order chi connectivity index (χ0) is 11.7. The van der Waals surface area contributed by atoms with Gasteiger partial charge in [0.05, 0.1) is 6.42 Å². The van der Waals surface area contributed by atoms with E-state index >= 15 is 0 Å². The van der Waals surface area contributed by atoms with Crippen molar-refractivity contribution >= 4 is 5.97 Å². The van der Waals surface area contributed by atoms with Gasteiger partial charge in [0, 0.05) is 11.4 Å². The van der Waals surface area contributed by atoms with E-state index in [4.69, 9.17) is 5.11 Å². The van der Waals surface area contributed by atoms with Gasteiger partial charge >= 0.3 is 5.97 Å². The fraction of sp³-hybridized carbons (Fsp3) is 0.583. The second kappa shape index (κ2) is 4.20. The van der Waals surface area contributed by atoms with Crippen LogP contribution >= 0.6 is 0 Å². The summed E-state index contributed by atoms with van der Waals surface area (Å²) in [6, 6.07) is 0. The second-order valence-corrected chi connectivity index (χ2v) is 4.26. The third kappa shape index (κ3) is 1.92. The highest BCUT2D eigenvalue weighted by Crippen LogP contribution is 2.36. The molecule has 0 fully saturated rings. The lowest BCUT2D eigenvalue weighted by atomic mass is 9.96. The van der Waals surface area contributed by atoms with Crippen LogP contribution in [0.15, 0.2) is 0 Å². The van der Waals surface area contributed by atoms with E-state index in [0.717, 1.165) is 42.0 Å². The van der Waals surface area contributed by atoms with Crippen molar-refractivity contribution in [2.24, 2.45) is 0 Å². The Morgan fingerprint density at radius 1 is 1.50 bits per heavy atom. The Kier molecular flexibility index (Phi) is 2.90. The maximum atomic E-state index is 10.8. The van der Waals surface area contributed by atoms with Gasteiger partial charge < -0.3 is 5.11 Å². The highest BCUT2D eigenvalue weighted by Gasteiger charge is 2.28. The van der Waals surface area contributed by atoms with Gasteiger partial charge in [-0.1, -0.05) is 6.92 Å². The molecular formula is C12H16N2O2. The number of carboxylic acid groups (broad SMARTS) is 1. The second-order valence-electron chi connectivity index (χ2n) is 4.26. The summed E-state index contributed by atoms with van der Waals surface area (Å²) in [6.45, 7) is 3.95. The summed E-state index contributed by atoms with van der Waals surface area (Å²) in [5.41, 5.74) is 3.21. The SMILES string of the molecule is CCc1nc(C)nc2c1C(CC(=O)O)CC2. The molecule has 0 spiro atoms. The van der Waals surface area contributed by atoms with Crippen LogP contribution in [0.1, 0.15) is 48.5 Å². The van der Waals surface area contributed by atoms with E-state index in [1.807, 2.05) is 6.92 Å². The van der Waals surface area contributed by atoms with Gasteiger partial charge in [-0.15, -0.1) is 0 Å². The largest absolute Gasteiger partial charge is 0.481 e. The Morgan fingerprint density at radius 3 is 2.88 bits per heavy atom. The minimum atomic E-state index is -0.736. The van der Waals surface area contributed by atoms with Crippen LogP contribution in [0, 0.1) is 6.92 Å². The zero-order valence-electron chi connectivity index (χ0n) is 9.66. The number of aromatic nitrogens is 2. The van der Waals surface area contributed by atoms with Crippen LogP contribution in [-0.4, -0.2) is 21.0 Å². The molecule has 0 bridgehead atoms. The third-order valence-corrected chi connectivity index (χ3v) is 3.11. The van der Waals surface area contributed by atoms with Gasteiger partial charge in [0.1, 0.15) is 5.82 Å². The Morgan fingerprint density at radius 2 is 2.25 bits per heavy atom. The van der Waals surface area contributed by atoms with Crippen LogP contribution in [0.4, 0.5) is 0 Å². The molecule has 1 aromatic rings. The lowest BCUT2D eigenvalue weighted by Crippen LogP contribution is -2.08. The Bertz CT molecular complexity index is 429. The molecule has 1 aliphatic carbocycles. The number of hydrogen-bond donors (Lipinski definition) is 1. The van der Waals surface area contributed by atoms with Crippen molar-refractivity contribution < 1.29 is 9.90 Å². The smallest absolute Gasteiger partial charge is 0.303 e. The topological polar surface area (TPSA) is 63.1 Å². The normalized spacial score (nSPS) is 18.5. The maximum absolute atomic E-state index is 10.8. The van der Waals surface area contributed by atoms with Gasteiger partial charge in [-0.3, -0.25) is 4.79 Å². The fourth-order valence-electron chi connectivity index (χ4n) is 2.50. The Hall–Kier alpha value is -1.45. The molecule has 4 nitrogen and oxygen atoms in total. The molecule has 0 radical (unpaired) electrons. The fourth-order valence-corrected chi connectivity index (χ4v) is 2.50. The van der Waals surface area contributed by atoms with Gasteiger partial charge in [0.2, 0.25) is 0 Å². The van der Waals surface area contributed by atoms with Gasteiger partial charge in [-0.05, 0) is 37.7 Å². The van der Waals surface area contributed by atoms with E-state index in [0.29, 0.717) is 0 Å². The zero-order valence-corrected chi connectivity index (χ0v) is 9.66. The Balaban J connectivity index is 2.40. The summed E-state index contributed by atoms with van der Waals surface area (Å²) < 4.78 is 0. The number of carbonyl (C=O) groups is 1. The quantitative estimate of drug-likeness (QED) is 0.844. The van der Waals surface area contributed by atoms with E-state index in [1.165, 1.54) is 0 Å². The average molecular weight is 220 g/mol. The first-order valence-electron chi connectivity index (χ1n) is 5.70. The Labute approximate surface area is 94.7 Å².